The maximum Gasteiger partial charge on any atom is 0.267 e. The second kappa shape index (κ2) is 7.74. The molecule has 4 rings (SSSR count). The maximum atomic E-state index is 13.3. The number of nitrogens with one attached hydrogen (secondary N) is 1. The number of sulfonamides is 1. The number of benzene rings is 2. The van der Waals surface area contributed by atoms with Crippen LogP contribution in [0.5, 0.6) is 0 Å². The van der Waals surface area contributed by atoms with Gasteiger partial charge in [-0.25, -0.2) is 8.42 Å². The molecule has 2 heterocycles. The molecule has 1 aliphatic heterocycles. The minimum Gasteiger partial charge on any atom is -0.321 e. The van der Waals surface area contributed by atoms with Gasteiger partial charge in [-0.2, -0.15) is 4.31 Å². The average Bonchev–Trinajstić information content (AvgIpc) is 3.21. The number of carbonyl (C=O) groups is 1. The third kappa shape index (κ3) is 3.85. The summed E-state index contributed by atoms with van der Waals surface area (Å²) in [6.45, 7) is 4.71. The predicted octanol–water partition coefficient (Wildman–Crippen LogP) is 4.36. The zero-order valence-corrected chi connectivity index (χ0v) is 17.9. The van der Waals surface area contributed by atoms with Gasteiger partial charge in [-0.15, -0.1) is 11.3 Å². The summed E-state index contributed by atoms with van der Waals surface area (Å²) in [5.41, 5.74) is 5.04. The van der Waals surface area contributed by atoms with Gasteiger partial charge < -0.3 is 5.32 Å². The van der Waals surface area contributed by atoms with Crippen LogP contribution < -0.4 is 5.32 Å². The van der Waals surface area contributed by atoms with E-state index < -0.39 is 15.9 Å². The van der Waals surface area contributed by atoms with E-state index in [0.29, 0.717) is 25.2 Å². The summed E-state index contributed by atoms with van der Waals surface area (Å²) in [6, 6.07) is 15.0. The molecule has 1 N–H and O–H groups in total. The van der Waals surface area contributed by atoms with E-state index in [2.05, 4.69) is 5.32 Å². The van der Waals surface area contributed by atoms with E-state index in [0.717, 1.165) is 28.0 Å². The summed E-state index contributed by atoms with van der Waals surface area (Å²) < 4.78 is 28.0. The summed E-state index contributed by atoms with van der Waals surface area (Å²) in [7, 11) is -3.76. The van der Waals surface area contributed by atoms with Crippen LogP contribution in [0.25, 0.3) is 0 Å². The number of anilines is 1. The molecule has 0 spiro atoms. The molecule has 0 bridgehead atoms. The van der Waals surface area contributed by atoms with Crippen molar-refractivity contribution < 1.29 is 13.2 Å². The lowest BCUT2D eigenvalue weighted by Gasteiger charge is -2.28. The van der Waals surface area contributed by atoms with E-state index in [1.54, 1.807) is 5.38 Å². The quantitative estimate of drug-likeness (QED) is 0.674. The van der Waals surface area contributed by atoms with Crippen molar-refractivity contribution >= 4 is 33.0 Å². The van der Waals surface area contributed by atoms with E-state index in [1.165, 1.54) is 15.9 Å². The highest BCUT2D eigenvalue weighted by Crippen LogP contribution is 2.30. The lowest BCUT2D eigenvalue weighted by Crippen LogP contribution is -2.36. The zero-order chi connectivity index (χ0) is 20.6. The molecule has 1 aliphatic rings. The topological polar surface area (TPSA) is 66.5 Å². The van der Waals surface area contributed by atoms with Crippen LogP contribution in [-0.4, -0.2) is 25.2 Å². The summed E-state index contributed by atoms with van der Waals surface area (Å²) in [4.78, 5) is 13.1. The SMILES string of the molecule is Cc1ccc(NC(=O)c2sccc2S(=O)(=O)N2CCc3ccccc3C2)cc1C. The van der Waals surface area contributed by atoms with E-state index in [4.69, 9.17) is 0 Å². The Morgan fingerprint density at radius 2 is 1.79 bits per heavy atom. The zero-order valence-electron chi connectivity index (χ0n) is 16.3. The van der Waals surface area contributed by atoms with E-state index in [-0.39, 0.29) is 9.77 Å². The Hall–Kier alpha value is -2.48. The molecule has 0 saturated carbocycles. The summed E-state index contributed by atoms with van der Waals surface area (Å²) in [5, 5.41) is 4.48. The average molecular weight is 427 g/mol. The molecule has 5 nitrogen and oxygen atoms in total. The smallest absolute Gasteiger partial charge is 0.267 e. The van der Waals surface area contributed by atoms with Crippen molar-refractivity contribution in [3.63, 3.8) is 0 Å². The van der Waals surface area contributed by atoms with Gasteiger partial charge in [0.15, 0.2) is 0 Å². The first-order valence-electron chi connectivity index (χ1n) is 9.39. The lowest BCUT2D eigenvalue weighted by molar-refractivity contribution is 0.102. The second-order valence-electron chi connectivity index (χ2n) is 7.22. The van der Waals surface area contributed by atoms with Crippen LogP contribution >= 0.6 is 11.3 Å². The van der Waals surface area contributed by atoms with Gasteiger partial charge in [0, 0.05) is 18.8 Å². The van der Waals surface area contributed by atoms with Crippen molar-refractivity contribution in [1.29, 1.82) is 0 Å². The van der Waals surface area contributed by atoms with Crippen LogP contribution in [0.3, 0.4) is 0 Å². The number of thiophene rings is 1. The molecular weight excluding hydrogens is 404 g/mol. The Labute approximate surface area is 175 Å². The van der Waals surface area contributed by atoms with Crippen molar-refractivity contribution in [3.8, 4) is 0 Å². The van der Waals surface area contributed by atoms with Crippen molar-refractivity contribution in [3.05, 3.63) is 81.0 Å². The van der Waals surface area contributed by atoms with Gasteiger partial charge in [-0.3, -0.25) is 4.79 Å². The number of fused-ring (bicyclic) bond motifs is 1. The van der Waals surface area contributed by atoms with Crippen LogP contribution in [0, 0.1) is 13.8 Å². The van der Waals surface area contributed by atoms with Gasteiger partial charge in [0.25, 0.3) is 5.91 Å². The number of hydrogen-bond donors (Lipinski definition) is 1. The minimum atomic E-state index is -3.76. The maximum absolute atomic E-state index is 13.3. The Bertz CT molecular complexity index is 1180. The molecule has 0 radical (unpaired) electrons. The Kier molecular flexibility index (Phi) is 5.29. The molecule has 2 aromatic carbocycles. The molecule has 0 aliphatic carbocycles. The van der Waals surface area contributed by atoms with Crippen LogP contribution in [-0.2, 0) is 23.0 Å². The van der Waals surface area contributed by atoms with Crippen LogP contribution in [0.4, 0.5) is 5.69 Å². The fourth-order valence-electron chi connectivity index (χ4n) is 3.49. The molecule has 0 unspecified atom stereocenters. The second-order valence-corrected chi connectivity index (χ2v) is 10.0. The number of nitrogens with zero attached hydrogens (tertiary/aromatic N) is 1. The molecule has 3 aromatic rings. The monoisotopic (exact) mass is 426 g/mol. The summed E-state index contributed by atoms with van der Waals surface area (Å²) in [6.07, 6.45) is 0.670. The molecular formula is C22H22N2O3S2. The van der Waals surface area contributed by atoms with E-state index in [1.807, 2.05) is 56.3 Å². The number of aryl methyl sites for hydroxylation is 2. The Morgan fingerprint density at radius 3 is 2.55 bits per heavy atom. The van der Waals surface area contributed by atoms with E-state index in [9.17, 15) is 13.2 Å². The fraction of sp³-hybridized carbons (Fsp3) is 0.227. The predicted molar refractivity (Wildman–Crippen MR) is 116 cm³/mol. The first-order valence-corrected chi connectivity index (χ1v) is 11.7. The van der Waals surface area contributed by atoms with Crippen LogP contribution in [0.1, 0.15) is 31.9 Å². The standard InChI is InChI=1S/C22H22N2O3S2/c1-15-7-8-19(13-16(15)2)23-22(25)21-20(10-12-28-21)29(26,27)24-11-9-17-5-3-4-6-18(17)14-24/h3-8,10,12-13H,9,11,14H2,1-2H3,(H,23,25). The molecule has 29 heavy (non-hydrogen) atoms. The number of carbonyl (C=O) groups excluding carboxylic acids is 1. The minimum absolute atomic E-state index is 0.0724. The van der Waals surface area contributed by atoms with Gasteiger partial charge >= 0.3 is 0 Å². The summed E-state index contributed by atoms with van der Waals surface area (Å²) >= 11 is 1.14. The van der Waals surface area contributed by atoms with Crippen LogP contribution in [0.15, 0.2) is 58.8 Å². The van der Waals surface area contributed by atoms with Gasteiger partial charge in [0.05, 0.1) is 0 Å². The number of hydrogen-bond acceptors (Lipinski definition) is 4. The molecule has 0 atom stereocenters. The highest BCUT2D eigenvalue weighted by atomic mass is 32.2. The van der Waals surface area contributed by atoms with Gasteiger partial charge in [0.1, 0.15) is 9.77 Å². The highest BCUT2D eigenvalue weighted by Gasteiger charge is 2.32. The molecule has 0 saturated heterocycles. The molecule has 1 aromatic heterocycles. The number of amides is 1. The highest BCUT2D eigenvalue weighted by molar-refractivity contribution is 7.89. The molecule has 7 heteroatoms. The molecule has 1 amide bonds. The molecule has 150 valence electrons. The first kappa shape index (κ1) is 19.8. The summed E-state index contributed by atoms with van der Waals surface area (Å²) in [5.74, 6) is -0.403. The lowest BCUT2D eigenvalue weighted by atomic mass is 10.0. The van der Waals surface area contributed by atoms with Gasteiger partial charge in [-0.05, 0) is 66.1 Å². The Balaban J connectivity index is 1.59. The van der Waals surface area contributed by atoms with Crippen molar-refractivity contribution in [1.82, 2.24) is 4.31 Å². The normalized spacial score (nSPS) is 14.4. The van der Waals surface area contributed by atoms with E-state index >= 15 is 0 Å². The Morgan fingerprint density at radius 1 is 1.03 bits per heavy atom. The third-order valence-corrected chi connectivity index (χ3v) is 8.24. The largest absolute Gasteiger partial charge is 0.321 e. The van der Waals surface area contributed by atoms with Crippen molar-refractivity contribution in [2.45, 2.75) is 31.7 Å². The van der Waals surface area contributed by atoms with Crippen molar-refractivity contribution in [2.24, 2.45) is 0 Å². The van der Waals surface area contributed by atoms with Gasteiger partial charge in [-0.1, -0.05) is 30.3 Å². The third-order valence-electron chi connectivity index (χ3n) is 5.31. The fourth-order valence-corrected chi connectivity index (χ4v) is 6.20. The molecule has 0 fully saturated rings. The van der Waals surface area contributed by atoms with Gasteiger partial charge in [0.2, 0.25) is 10.0 Å². The number of rotatable bonds is 4. The van der Waals surface area contributed by atoms with Crippen molar-refractivity contribution in [2.75, 3.05) is 11.9 Å². The van der Waals surface area contributed by atoms with Crippen LogP contribution in [0.2, 0.25) is 0 Å². The first-order chi connectivity index (χ1) is 13.9.